The van der Waals surface area contributed by atoms with Crippen LogP contribution in [0.2, 0.25) is 0 Å². The maximum Gasteiger partial charge on any atom is 0.343 e. The first-order valence-corrected chi connectivity index (χ1v) is 10.8. The fraction of sp³-hybridized carbons (Fsp3) is 0.148. The summed E-state index contributed by atoms with van der Waals surface area (Å²) in [4.78, 5) is 24.4. The number of nitriles is 1. The fourth-order valence-corrected chi connectivity index (χ4v) is 3.82. The Kier molecular flexibility index (Phi) is 6.69. The van der Waals surface area contributed by atoms with Crippen molar-refractivity contribution in [1.82, 2.24) is 0 Å². The van der Waals surface area contributed by atoms with Crippen molar-refractivity contribution < 1.29 is 28.5 Å². The van der Waals surface area contributed by atoms with Crippen molar-refractivity contribution >= 4 is 11.9 Å². The van der Waals surface area contributed by atoms with Crippen LogP contribution in [0.15, 0.2) is 78.2 Å². The van der Waals surface area contributed by atoms with E-state index in [1.807, 2.05) is 6.92 Å². The lowest BCUT2D eigenvalue weighted by Crippen LogP contribution is -2.21. The van der Waals surface area contributed by atoms with Crippen molar-refractivity contribution in [3.63, 3.8) is 0 Å². The lowest BCUT2D eigenvalue weighted by atomic mass is 9.83. The van der Waals surface area contributed by atoms with Crippen molar-refractivity contribution in [3.8, 4) is 23.3 Å². The van der Waals surface area contributed by atoms with Gasteiger partial charge in [-0.1, -0.05) is 24.3 Å². The van der Waals surface area contributed by atoms with E-state index < -0.39 is 17.9 Å². The molecule has 2 N–H and O–H groups in total. The molecular formula is C27H22N2O6. The number of fused-ring (bicyclic) bond motifs is 1. The van der Waals surface area contributed by atoms with Gasteiger partial charge in [-0.25, -0.2) is 9.59 Å². The molecule has 1 atom stereocenters. The second-order valence-corrected chi connectivity index (χ2v) is 7.59. The average Bonchev–Trinajstić information content (AvgIpc) is 2.87. The van der Waals surface area contributed by atoms with E-state index in [4.69, 9.17) is 24.7 Å². The van der Waals surface area contributed by atoms with E-state index >= 15 is 0 Å². The molecule has 3 aromatic rings. The molecule has 1 unspecified atom stereocenters. The van der Waals surface area contributed by atoms with Crippen LogP contribution in [0.5, 0.6) is 17.2 Å². The highest BCUT2D eigenvalue weighted by molar-refractivity contribution is 5.91. The highest BCUT2D eigenvalue weighted by Crippen LogP contribution is 2.43. The molecule has 3 aromatic carbocycles. The zero-order valence-corrected chi connectivity index (χ0v) is 19.1. The van der Waals surface area contributed by atoms with Gasteiger partial charge >= 0.3 is 11.9 Å². The third kappa shape index (κ3) is 4.80. The van der Waals surface area contributed by atoms with E-state index in [9.17, 15) is 14.9 Å². The lowest BCUT2D eigenvalue weighted by molar-refractivity contribution is 0.0600. The molecule has 0 amide bonds. The van der Waals surface area contributed by atoms with Gasteiger partial charge in [0.05, 0.1) is 30.8 Å². The molecule has 8 nitrogen and oxygen atoms in total. The van der Waals surface area contributed by atoms with Crippen LogP contribution in [0.3, 0.4) is 0 Å². The first-order chi connectivity index (χ1) is 16.9. The Morgan fingerprint density at radius 3 is 2.46 bits per heavy atom. The maximum atomic E-state index is 12.7. The summed E-state index contributed by atoms with van der Waals surface area (Å²) in [7, 11) is 1.31. The third-order valence-electron chi connectivity index (χ3n) is 5.45. The van der Waals surface area contributed by atoms with Crippen LogP contribution >= 0.6 is 0 Å². The first-order valence-electron chi connectivity index (χ1n) is 10.8. The normalized spacial score (nSPS) is 14.3. The summed E-state index contributed by atoms with van der Waals surface area (Å²) >= 11 is 0. The number of carbonyl (C=O) groups excluding carboxylic acids is 2. The zero-order valence-electron chi connectivity index (χ0n) is 19.1. The summed E-state index contributed by atoms with van der Waals surface area (Å²) in [5.74, 6) is -0.409. The summed E-state index contributed by atoms with van der Waals surface area (Å²) in [6.07, 6.45) is 0. The second-order valence-electron chi connectivity index (χ2n) is 7.59. The van der Waals surface area contributed by atoms with Crippen LogP contribution in [-0.4, -0.2) is 25.7 Å². The highest BCUT2D eigenvalue weighted by atomic mass is 16.5. The Hall–Kier alpha value is -4.77. The Labute approximate surface area is 202 Å². The van der Waals surface area contributed by atoms with Gasteiger partial charge in [0.15, 0.2) is 0 Å². The van der Waals surface area contributed by atoms with Crippen LogP contribution in [0, 0.1) is 11.3 Å². The molecule has 0 spiro atoms. The summed E-state index contributed by atoms with van der Waals surface area (Å²) in [5, 5.41) is 9.74. The van der Waals surface area contributed by atoms with E-state index in [2.05, 4.69) is 6.07 Å². The Balaban J connectivity index is 1.64. The molecule has 0 saturated heterocycles. The number of nitrogens with two attached hydrogens (primary N) is 1. The molecule has 35 heavy (non-hydrogen) atoms. The highest BCUT2D eigenvalue weighted by Gasteiger charge is 2.31. The predicted molar refractivity (Wildman–Crippen MR) is 126 cm³/mol. The molecule has 4 rings (SSSR count). The summed E-state index contributed by atoms with van der Waals surface area (Å²) in [6.45, 7) is 2.34. The fourth-order valence-electron chi connectivity index (χ4n) is 3.82. The van der Waals surface area contributed by atoms with Crippen molar-refractivity contribution in [3.05, 3.63) is 100 Å². The quantitative estimate of drug-likeness (QED) is 0.418. The van der Waals surface area contributed by atoms with Crippen molar-refractivity contribution in [2.24, 2.45) is 5.73 Å². The van der Waals surface area contributed by atoms with Crippen molar-refractivity contribution in [2.75, 3.05) is 13.7 Å². The molecule has 0 bridgehead atoms. The topological polar surface area (TPSA) is 121 Å². The van der Waals surface area contributed by atoms with Gasteiger partial charge in [0.1, 0.15) is 28.9 Å². The van der Waals surface area contributed by atoms with Gasteiger partial charge in [0, 0.05) is 11.6 Å². The van der Waals surface area contributed by atoms with Crippen LogP contribution in [0.1, 0.15) is 44.7 Å². The monoisotopic (exact) mass is 470 g/mol. The van der Waals surface area contributed by atoms with Gasteiger partial charge in [-0.05, 0) is 48.9 Å². The number of benzene rings is 3. The average molecular weight is 470 g/mol. The third-order valence-corrected chi connectivity index (χ3v) is 5.45. The lowest BCUT2D eigenvalue weighted by Gasteiger charge is -2.26. The van der Waals surface area contributed by atoms with Crippen LogP contribution in [0.25, 0.3) is 0 Å². The van der Waals surface area contributed by atoms with E-state index in [0.29, 0.717) is 34.8 Å². The molecule has 0 saturated carbocycles. The number of methoxy groups -OCH3 is 1. The molecule has 176 valence electrons. The largest absolute Gasteiger partial charge is 0.494 e. The van der Waals surface area contributed by atoms with E-state index in [1.165, 1.54) is 7.11 Å². The predicted octanol–water partition coefficient (Wildman–Crippen LogP) is 4.31. The maximum absolute atomic E-state index is 12.7. The standard InChI is InChI=1S/C27H22N2O6/c1-3-33-19-6-4-5-18(13-19)27(31)34-20-11-12-21-23(14-20)35-25(29)22(15-28)24(21)16-7-9-17(10-8-16)26(30)32-2/h4-14,24H,3,29H2,1-2H3. The molecule has 0 aromatic heterocycles. The zero-order chi connectivity index (χ0) is 24.9. The van der Waals surface area contributed by atoms with Gasteiger partial charge in [-0.2, -0.15) is 5.26 Å². The second kappa shape index (κ2) is 10.0. The number of nitrogens with zero attached hydrogens (tertiary/aromatic N) is 1. The summed E-state index contributed by atoms with van der Waals surface area (Å²) < 4.78 is 21.4. The summed E-state index contributed by atoms with van der Waals surface area (Å²) in [6, 6.07) is 20.4. The summed E-state index contributed by atoms with van der Waals surface area (Å²) in [5.41, 5.74) is 8.42. The molecule has 0 radical (unpaired) electrons. The van der Waals surface area contributed by atoms with E-state index in [0.717, 1.165) is 5.56 Å². The van der Waals surface area contributed by atoms with Gasteiger partial charge in [-0.15, -0.1) is 0 Å². The van der Waals surface area contributed by atoms with Crippen LogP contribution < -0.4 is 19.9 Å². The first kappa shape index (κ1) is 23.4. The van der Waals surface area contributed by atoms with Crippen molar-refractivity contribution in [2.45, 2.75) is 12.8 Å². The molecule has 0 fully saturated rings. The number of carbonyl (C=O) groups is 2. The Bertz CT molecular complexity index is 1350. The molecule has 1 aliphatic rings. The smallest absolute Gasteiger partial charge is 0.343 e. The molecule has 1 heterocycles. The van der Waals surface area contributed by atoms with E-state index in [1.54, 1.807) is 66.7 Å². The van der Waals surface area contributed by atoms with Gasteiger partial charge in [0.25, 0.3) is 0 Å². The Morgan fingerprint density at radius 1 is 1.00 bits per heavy atom. The number of esters is 2. The SMILES string of the molecule is CCOc1cccc(C(=O)Oc2ccc3c(c2)OC(N)=C(C#N)C3c2ccc(C(=O)OC)cc2)c1. The molecule has 8 heteroatoms. The number of hydrogen-bond donors (Lipinski definition) is 1. The van der Waals surface area contributed by atoms with Crippen molar-refractivity contribution in [1.29, 1.82) is 5.26 Å². The number of ether oxygens (including phenoxy) is 4. The number of rotatable bonds is 6. The molecule has 0 aliphatic carbocycles. The van der Waals surface area contributed by atoms with Gasteiger partial charge in [0.2, 0.25) is 5.88 Å². The molecule has 1 aliphatic heterocycles. The minimum Gasteiger partial charge on any atom is -0.494 e. The van der Waals surface area contributed by atoms with Gasteiger partial charge < -0.3 is 24.7 Å². The van der Waals surface area contributed by atoms with Crippen LogP contribution in [0.4, 0.5) is 0 Å². The minimum atomic E-state index is -0.557. The van der Waals surface area contributed by atoms with E-state index in [-0.39, 0.29) is 17.2 Å². The van der Waals surface area contributed by atoms with Crippen LogP contribution in [-0.2, 0) is 4.74 Å². The number of allylic oxidation sites excluding steroid dienone is 1. The number of hydrogen-bond acceptors (Lipinski definition) is 8. The van der Waals surface area contributed by atoms with Gasteiger partial charge in [-0.3, -0.25) is 0 Å². The minimum absolute atomic E-state index is 0.0464. The molecular weight excluding hydrogens is 448 g/mol. The Morgan fingerprint density at radius 2 is 1.77 bits per heavy atom.